The summed E-state index contributed by atoms with van der Waals surface area (Å²) < 4.78 is 0. The molecular weight excluding hydrogens is 316 g/mol. The van der Waals surface area contributed by atoms with Gasteiger partial charge in [0.25, 0.3) is 0 Å². The molecule has 1 atom stereocenters. The number of aryl methyl sites for hydroxylation is 1. The molecule has 0 bridgehead atoms. The van der Waals surface area contributed by atoms with Gasteiger partial charge in [0.2, 0.25) is 11.8 Å². The minimum absolute atomic E-state index is 0.0600. The summed E-state index contributed by atoms with van der Waals surface area (Å²) in [5.74, 6) is 0.129. The number of likely N-dealkylation sites (tertiary alicyclic amines) is 1. The largest absolute Gasteiger partial charge is 0.336 e. The Morgan fingerprint density at radius 1 is 1.28 bits per heavy atom. The molecule has 2 aromatic rings. The van der Waals surface area contributed by atoms with E-state index in [1.54, 1.807) is 11.1 Å². The number of amides is 2. The van der Waals surface area contributed by atoms with E-state index < -0.39 is 0 Å². The lowest BCUT2D eigenvalue weighted by Crippen LogP contribution is -2.47. The normalized spacial score (nSPS) is 20.0. The Morgan fingerprint density at radius 3 is 2.88 bits per heavy atom. The Morgan fingerprint density at radius 2 is 2.08 bits per heavy atom. The van der Waals surface area contributed by atoms with Gasteiger partial charge in [-0.3, -0.25) is 14.7 Å². The summed E-state index contributed by atoms with van der Waals surface area (Å²) in [7, 11) is 0. The fourth-order valence-electron chi connectivity index (χ4n) is 3.70. The Kier molecular flexibility index (Phi) is 4.03. The molecule has 0 spiro atoms. The second-order valence-electron chi connectivity index (χ2n) is 6.95. The van der Waals surface area contributed by atoms with Crippen molar-refractivity contribution in [1.82, 2.24) is 20.0 Å². The average molecular weight is 338 g/mol. The van der Waals surface area contributed by atoms with E-state index in [0.29, 0.717) is 32.5 Å². The summed E-state index contributed by atoms with van der Waals surface area (Å²) >= 11 is 0. The molecule has 0 radical (unpaired) electrons. The molecule has 0 unspecified atom stereocenters. The topological polar surface area (TPSA) is 69.3 Å². The summed E-state index contributed by atoms with van der Waals surface area (Å²) in [5.41, 5.74) is 4.44. The number of hydrogen-bond donors (Lipinski definition) is 1. The zero-order valence-corrected chi connectivity index (χ0v) is 14.4. The molecule has 130 valence electrons. The van der Waals surface area contributed by atoms with Crippen LogP contribution in [0.3, 0.4) is 0 Å². The van der Waals surface area contributed by atoms with Crippen LogP contribution in [0, 0.1) is 6.92 Å². The highest BCUT2D eigenvalue weighted by atomic mass is 16.2. The zero-order chi connectivity index (χ0) is 17.4. The predicted molar refractivity (Wildman–Crippen MR) is 92.5 cm³/mol. The molecule has 1 aromatic carbocycles. The quantitative estimate of drug-likeness (QED) is 0.928. The maximum absolute atomic E-state index is 13.0. The summed E-state index contributed by atoms with van der Waals surface area (Å²) in [5, 5.41) is 7.04. The number of aromatic amines is 1. The molecule has 1 fully saturated rings. The summed E-state index contributed by atoms with van der Waals surface area (Å²) in [6.07, 6.45) is 3.64. The fraction of sp³-hybridized carbons (Fsp3) is 0.421. The van der Waals surface area contributed by atoms with Crippen LogP contribution in [0.25, 0.3) is 0 Å². The van der Waals surface area contributed by atoms with E-state index >= 15 is 0 Å². The maximum atomic E-state index is 13.0. The number of H-pyrrole nitrogens is 1. The van der Waals surface area contributed by atoms with E-state index in [4.69, 9.17) is 0 Å². The molecule has 6 heteroatoms. The molecule has 25 heavy (non-hydrogen) atoms. The predicted octanol–water partition coefficient (Wildman–Crippen LogP) is 1.79. The number of benzene rings is 1. The van der Waals surface area contributed by atoms with Crippen molar-refractivity contribution < 1.29 is 9.59 Å². The van der Waals surface area contributed by atoms with Gasteiger partial charge in [-0.2, -0.15) is 5.10 Å². The van der Waals surface area contributed by atoms with Crippen LogP contribution < -0.4 is 0 Å². The Hall–Kier alpha value is -2.63. The number of carbonyl (C=O) groups is 2. The molecule has 4 rings (SSSR count). The first kappa shape index (κ1) is 15.9. The second kappa shape index (κ2) is 6.35. The number of nitrogens with one attached hydrogen (secondary N) is 1. The fourth-order valence-corrected chi connectivity index (χ4v) is 3.70. The standard InChI is InChI=1S/C19H22N4O2/c1-13-2-4-14(5-3-13)11-23-17(6-7-18(23)24)19(25)22-9-8-16-15(12-22)10-20-21-16/h2-5,10,17H,6-9,11-12H2,1H3,(H,20,21)/t17-/m1/s1. The molecule has 1 aromatic heterocycles. The van der Waals surface area contributed by atoms with Crippen LogP contribution in [-0.2, 0) is 29.1 Å². The lowest BCUT2D eigenvalue weighted by atomic mass is 10.1. The van der Waals surface area contributed by atoms with Gasteiger partial charge in [-0.25, -0.2) is 0 Å². The van der Waals surface area contributed by atoms with Crippen LogP contribution in [0.5, 0.6) is 0 Å². The van der Waals surface area contributed by atoms with Gasteiger partial charge < -0.3 is 9.80 Å². The van der Waals surface area contributed by atoms with Crippen molar-refractivity contribution in [3.05, 3.63) is 52.8 Å². The first-order valence-electron chi connectivity index (χ1n) is 8.77. The number of rotatable bonds is 3. The highest BCUT2D eigenvalue weighted by molar-refractivity contribution is 5.91. The Balaban J connectivity index is 1.49. The SMILES string of the molecule is Cc1ccc(CN2C(=O)CC[C@@H]2C(=O)N2CCc3[nH]ncc3C2)cc1. The van der Waals surface area contributed by atoms with Gasteiger partial charge in [-0.05, 0) is 18.9 Å². The maximum Gasteiger partial charge on any atom is 0.245 e. The van der Waals surface area contributed by atoms with Crippen LogP contribution in [0.2, 0.25) is 0 Å². The van der Waals surface area contributed by atoms with Crippen LogP contribution in [0.4, 0.5) is 0 Å². The molecule has 6 nitrogen and oxygen atoms in total. The van der Waals surface area contributed by atoms with Crippen LogP contribution >= 0.6 is 0 Å². The van der Waals surface area contributed by atoms with E-state index in [1.165, 1.54) is 5.56 Å². The van der Waals surface area contributed by atoms with Crippen molar-refractivity contribution in [3.63, 3.8) is 0 Å². The third-order valence-electron chi connectivity index (χ3n) is 5.20. The van der Waals surface area contributed by atoms with Crippen molar-refractivity contribution in [2.75, 3.05) is 6.54 Å². The van der Waals surface area contributed by atoms with Gasteiger partial charge in [0.1, 0.15) is 6.04 Å². The van der Waals surface area contributed by atoms with Gasteiger partial charge in [0, 0.05) is 43.7 Å². The zero-order valence-electron chi connectivity index (χ0n) is 14.4. The minimum atomic E-state index is -0.345. The van der Waals surface area contributed by atoms with Crippen molar-refractivity contribution in [2.45, 2.75) is 45.3 Å². The molecule has 2 amide bonds. The number of aromatic nitrogens is 2. The highest BCUT2D eigenvalue weighted by Crippen LogP contribution is 2.25. The van der Waals surface area contributed by atoms with Gasteiger partial charge in [0.15, 0.2) is 0 Å². The van der Waals surface area contributed by atoms with Gasteiger partial charge >= 0.3 is 0 Å². The Bertz CT molecular complexity index is 796. The summed E-state index contributed by atoms with van der Waals surface area (Å²) in [6, 6.07) is 7.79. The molecule has 0 aliphatic carbocycles. The van der Waals surface area contributed by atoms with E-state index in [1.807, 2.05) is 36.1 Å². The monoisotopic (exact) mass is 338 g/mol. The summed E-state index contributed by atoms with van der Waals surface area (Å²) in [6.45, 7) is 3.79. The highest BCUT2D eigenvalue weighted by Gasteiger charge is 2.38. The van der Waals surface area contributed by atoms with Gasteiger partial charge in [0.05, 0.1) is 6.20 Å². The lowest BCUT2D eigenvalue weighted by Gasteiger charge is -2.32. The van der Waals surface area contributed by atoms with Gasteiger partial charge in [-0.15, -0.1) is 0 Å². The van der Waals surface area contributed by atoms with Crippen molar-refractivity contribution in [2.24, 2.45) is 0 Å². The minimum Gasteiger partial charge on any atom is -0.336 e. The van der Waals surface area contributed by atoms with E-state index in [9.17, 15) is 9.59 Å². The summed E-state index contributed by atoms with van der Waals surface area (Å²) in [4.78, 5) is 29.0. The van der Waals surface area contributed by atoms with Gasteiger partial charge in [-0.1, -0.05) is 29.8 Å². The van der Waals surface area contributed by atoms with E-state index in [0.717, 1.165) is 23.2 Å². The first-order chi connectivity index (χ1) is 12.1. The molecule has 2 aliphatic heterocycles. The molecular formula is C19H22N4O2. The second-order valence-corrected chi connectivity index (χ2v) is 6.95. The molecule has 0 saturated carbocycles. The molecule has 3 heterocycles. The number of carbonyl (C=O) groups excluding carboxylic acids is 2. The smallest absolute Gasteiger partial charge is 0.245 e. The Labute approximate surface area is 146 Å². The van der Waals surface area contributed by atoms with Crippen LogP contribution in [0.1, 0.15) is 35.2 Å². The first-order valence-corrected chi connectivity index (χ1v) is 8.77. The molecule has 2 aliphatic rings. The third-order valence-corrected chi connectivity index (χ3v) is 5.20. The molecule has 1 saturated heterocycles. The lowest BCUT2D eigenvalue weighted by molar-refractivity contribution is -0.142. The number of fused-ring (bicyclic) bond motifs is 1. The number of nitrogens with zero attached hydrogens (tertiary/aromatic N) is 3. The third kappa shape index (κ3) is 3.04. The van der Waals surface area contributed by atoms with E-state index in [-0.39, 0.29) is 17.9 Å². The van der Waals surface area contributed by atoms with Crippen molar-refractivity contribution >= 4 is 11.8 Å². The van der Waals surface area contributed by atoms with E-state index in [2.05, 4.69) is 10.2 Å². The van der Waals surface area contributed by atoms with Crippen molar-refractivity contribution in [3.8, 4) is 0 Å². The molecule has 1 N–H and O–H groups in total. The average Bonchev–Trinajstić information content (AvgIpc) is 3.23. The van der Waals surface area contributed by atoms with Crippen LogP contribution in [0.15, 0.2) is 30.5 Å². The van der Waals surface area contributed by atoms with Crippen molar-refractivity contribution in [1.29, 1.82) is 0 Å². The van der Waals surface area contributed by atoms with Crippen LogP contribution in [-0.4, -0.2) is 44.4 Å². The number of hydrogen-bond acceptors (Lipinski definition) is 3.